The van der Waals surface area contributed by atoms with Gasteiger partial charge in [-0.3, -0.25) is 0 Å². The summed E-state index contributed by atoms with van der Waals surface area (Å²) in [6.45, 7) is 3.60. The largest absolute Gasteiger partial charge is 0.393 e. The Labute approximate surface area is 182 Å². The third kappa shape index (κ3) is 2.64. The van der Waals surface area contributed by atoms with E-state index in [2.05, 4.69) is 39.4 Å². The van der Waals surface area contributed by atoms with Gasteiger partial charge in [0.25, 0.3) is 0 Å². The van der Waals surface area contributed by atoms with Crippen LogP contribution in [0.2, 0.25) is 0 Å². The molecular weight excluding hydrogens is 467 g/mol. The summed E-state index contributed by atoms with van der Waals surface area (Å²) in [7, 11) is 0. The average Bonchev–Trinajstić information content (AvgIpc) is 3.25. The normalized spacial score (nSPS) is 51.7. The maximum absolute atomic E-state index is 12.1. The number of ether oxygens (including phenoxy) is 2. The summed E-state index contributed by atoms with van der Waals surface area (Å²) in [5, 5.41) is 22.8. The van der Waals surface area contributed by atoms with Gasteiger partial charge in [-0.25, -0.2) is 0 Å². The van der Waals surface area contributed by atoms with E-state index in [1.165, 1.54) is 0 Å². The minimum atomic E-state index is -0.762. The Kier molecular flexibility index (Phi) is 4.88. The molecule has 1 heterocycles. The van der Waals surface area contributed by atoms with E-state index in [0.717, 1.165) is 57.8 Å². The third-order valence-electron chi connectivity index (χ3n) is 9.71. The van der Waals surface area contributed by atoms with Crippen molar-refractivity contribution in [2.45, 2.75) is 88.6 Å². The van der Waals surface area contributed by atoms with E-state index in [-0.39, 0.29) is 16.9 Å². The van der Waals surface area contributed by atoms with Crippen molar-refractivity contribution >= 4 is 22.6 Å². The molecule has 1 aliphatic heterocycles. The first-order valence-electron chi connectivity index (χ1n) is 11.2. The number of hydrogen-bond donors (Lipinski definition) is 2. The zero-order valence-corrected chi connectivity index (χ0v) is 19.0. The highest BCUT2D eigenvalue weighted by Crippen LogP contribution is 2.69. The number of aliphatic hydroxyl groups excluding tert-OH is 1. The molecule has 0 amide bonds. The molecule has 5 aliphatic rings. The smallest absolute Gasteiger partial charge is 0.171 e. The quantitative estimate of drug-likeness (QED) is 0.422. The highest BCUT2D eigenvalue weighted by atomic mass is 127. The second-order valence-corrected chi connectivity index (χ2v) is 11.0. The van der Waals surface area contributed by atoms with E-state index >= 15 is 0 Å². The van der Waals surface area contributed by atoms with E-state index in [4.69, 9.17) is 9.47 Å². The molecule has 1 saturated heterocycles. The molecule has 7 atom stereocenters. The lowest BCUT2D eigenvalue weighted by Crippen LogP contribution is -2.66. The van der Waals surface area contributed by atoms with Crippen LogP contribution in [0.5, 0.6) is 0 Å². The van der Waals surface area contributed by atoms with E-state index in [9.17, 15) is 10.2 Å². The van der Waals surface area contributed by atoms with Crippen molar-refractivity contribution in [1.29, 1.82) is 0 Å². The highest BCUT2D eigenvalue weighted by Gasteiger charge is 2.68. The monoisotopic (exact) mass is 500 g/mol. The zero-order chi connectivity index (χ0) is 19.6. The summed E-state index contributed by atoms with van der Waals surface area (Å²) in [4.78, 5) is 0. The summed E-state index contributed by atoms with van der Waals surface area (Å²) in [5.74, 6) is 4.48. The van der Waals surface area contributed by atoms with Crippen LogP contribution in [0.1, 0.15) is 71.1 Å². The van der Waals surface area contributed by atoms with Crippen LogP contribution >= 0.6 is 22.6 Å². The maximum Gasteiger partial charge on any atom is 0.171 e. The molecule has 5 fully saturated rings. The summed E-state index contributed by atoms with van der Waals surface area (Å²) in [6, 6.07) is 0. The molecule has 0 aromatic carbocycles. The van der Waals surface area contributed by atoms with Crippen molar-refractivity contribution in [2.24, 2.45) is 28.6 Å². The molecule has 0 aromatic heterocycles. The Morgan fingerprint density at radius 1 is 1.00 bits per heavy atom. The van der Waals surface area contributed by atoms with Gasteiger partial charge in [-0.05, 0) is 72.0 Å². The van der Waals surface area contributed by atoms with Crippen LogP contribution in [0, 0.1) is 38.4 Å². The van der Waals surface area contributed by atoms with Crippen LogP contribution < -0.4 is 0 Å². The zero-order valence-electron chi connectivity index (χ0n) is 16.9. The molecule has 5 heteroatoms. The summed E-state index contributed by atoms with van der Waals surface area (Å²) >= 11 is 2.13. The first-order valence-corrected chi connectivity index (χ1v) is 12.2. The van der Waals surface area contributed by atoms with Crippen molar-refractivity contribution in [3.63, 3.8) is 0 Å². The third-order valence-corrected chi connectivity index (χ3v) is 10.1. The minimum Gasteiger partial charge on any atom is -0.393 e. The number of fused-ring (bicyclic) bond motifs is 5. The van der Waals surface area contributed by atoms with E-state index < -0.39 is 11.4 Å². The molecule has 4 nitrogen and oxygen atoms in total. The van der Waals surface area contributed by atoms with Crippen LogP contribution in [-0.4, -0.2) is 40.9 Å². The molecular formula is C23H33IO4. The van der Waals surface area contributed by atoms with Crippen LogP contribution in [0.4, 0.5) is 0 Å². The van der Waals surface area contributed by atoms with Crippen LogP contribution in [-0.2, 0) is 9.47 Å². The molecule has 4 saturated carbocycles. The van der Waals surface area contributed by atoms with Crippen molar-refractivity contribution in [1.82, 2.24) is 0 Å². The summed E-state index contributed by atoms with van der Waals surface area (Å²) in [6.07, 6.45) is 9.15. The molecule has 0 radical (unpaired) electrons. The van der Waals surface area contributed by atoms with Gasteiger partial charge in [-0.1, -0.05) is 12.8 Å². The molecule has 0 bridgehead atoms. The van der Waals surface area contributed by atoms with Gasteiger partial charge in [0.05, 0.1) is 24.9 Å². The fourth-order valence-corrected chi connectivity index (χ4v) is 8.49. The second-order valence-electron chi connectivity index (χ2n) is 10.5. The van der Waals surface area contributed by atoms with Crippen molar-refractivity contribution in [3.8, 4) is 9.85 Å². The van der Waals surface area contributed by atoms with Crippen LogP contribution in [0.15, 0.2) is 0 Å². The Hall–Kier alpha value is 0.130. The van der Waals surface area contributed by atoms with Crippen molar-refractivity contribution in [3.05, 3.63) is 0 Å². The second kappa shape index (κ2) is 6.82. The van der Waals surface area contributed by atoms with E-state index in [1.54, 1.807) is 0 Å². The fourth-order valence-electron chi connectivity index (χ4n) is 8.30. The topological polar surface area (TPSA) is 58.9 Å². The standard InChI is InChI=1S/C23H33IO4/c1-20-8-6-18-16(17(20)3-4-19(20)25)5-9-22(26)15-23(27-13-14-28-23)11-10-21(18,22)7-2-12-24/h16-19,25-26H,3-11,13-15H2,1H3/t16-,17-,18-,19-,20-,21+,22+/m0/s1. The maximum atomic E-state index is 12.1. The van der Waals surface area contributed by atoms with Gasteiger partial charge in [-0.15, -0.1) is 0 Å². The lowest BCUT2D eigenvalue weighted by atomic mass is 9.42. The van der Waals surface area contributed by atoms with E-state index in [0.29, 0.717) is 37.4 Å². The molecule has 2 N–H and O–H groups in total. The van der Waals surface area contributed by atoms with Crippen LogP contribution in [0.3, 0.4) is 0 Å². The van der Waals surface area contributed by atoms with E-state index in [1.807, 2.05) is 0 Å². The Bertz CT molecular complexity index is 694. The predicted octanol–water partition coefficient (Wildman–Crippen LogP) is 4.01. The fraction of sp³-hybridized carbons (Fsp3) is 0.913. The van der Waals surface area contributed by atoms with Gasteiger partial charge in [0.1, 0.15) is 0 Å². The summed E-state index contributed by atoms with van der Waals surface area (Å²) < 4.78 is 15.1. The molecule has 4 aliphatic carbocycles. The minimum absolute atomic E-state index is 0.0698. The Balaban J connectivity index is 1.51. The average molecular weight is 500 g/mol. The van der Waals surface area contributed by atoms with Gasteiger partial charge in [0, 0.05) is 47.3 Å². The lowest BCUT2D eigenvalue weighted by molar-refractivity contribution is -0.289. The van der Waals surface area contributed by atoms with Gasteiger partial charge in [0.15, 0.2) is 5.79 Å². The number of halogens is 1. The number of hydrogen-bond acceptors (Lipinski definition) is 4. The first-order chi connectivity index (χ1) is 13.4. The highest BCUT2D eigenvalue weighted by molar-refractivity contribution is 14.1. The van der Waals surface area contributed by atoms with Gasteiger partial charge in [0.2, 0.25) is 0 Å². The van der Waals surface area contributed by atoms with Gasteiger partial charge in [-0.2, -0.15) is 0 Å². The molecule has 0 unspecified atom stereocenters. The molecule has 5 rings (SSSR count). The van der Waals surface area contributed by atoms with Crippen molar-refractivity contribution in [2.75, 3.05) is 13.2 Å². The lowest BCUT2D eigenvalue weighted by Gasteiger charge is -2.65. The SMILES string of the molecule is C[C@]12CC[C@H]3[C@@H](CC[C@@]4(O)CC5(CC[C@]34CC#CI)OCCO5)[C@@H]1CC[C@@H]2O. The van der Waals surface area contributed by atoms with Gasteiger partial charge >= 0.3 is 0 Å². The number of rotatable bonds is 1. The Morgan fingerprint density at radius 2 is 1.79 bits per heavy atom. The predicted molar refractivity (Wildman–Crippen MR) is 115 cm³/mol. The first kappa shape index (κ1) is 20.1. The molecule has 0 aromatic rings. The summed E-state index contributed by atoms with van der Waals surface area (Å²) in [5.41, 5.74) is -0.855. The molecule has 156 valence electrons. The Morgan fingerprint density at radius 3 is 2.54 bits per heavy atom. The van der Waals surface area contributed by atoms with Crippen molar-refractivity contribution < 1.29 is 19.7 Å². The van der Waals surface area contributed by atoms with Gasteiger partial charge < -0.3 is 19.7 Å². The number of aliphatic hydroxyl groups is 2. The van der Waals surface area contributed by atoms with Crippen LogP contribution in [0.25, 0.3) is 0 Å². The molecule has 28 heavy (non-hydrogen) atoms. The molecule has 1 spiro atoms.